The van der Waals surface area contributed by atoms with E-state index in [-0.39, 0.29) is 5.13 Å². The molecule has 0 bridgehead atoms. The van der Waals surface area contributed by atoms with Crippen molar-refractivity contribution in [1.29, 1.82) is 0 Å². The second-order valence-corrected chi connectivity index (χ2v) is 5.55. The fourth-order valence-electron chi connectivity index (χ4n) is 1.86. The Morgan fingerprint density at radius 2 is 1.95 bits per heavy atom. The third-order valence-electron chi connectivity index (χ3n) is 2.97. The summed E-state index contributed by atoms with van der Waals surface area (Å²) in [5, 5.41) is 3.15. The van der Waals surface area contributed by atoms with Crippen molar-refractivity contribution in [2.45, 2.75) is 12.7 Å². The summed E-state index contributed by atoms with van der Waals surface area (Å²) >= 11 is 0.601. The fraction of sp³-hybridized carbons (Fsp3) is 0.143. The minimum absolute atomic E-state index is 0.256. The van der Waals surface area contributed by atoms with Gasteiger partial charge in [0.05, 0.1) is 12.5 Å². The van der Waals surface area contributed by atoms with Gasteiger partial charge in [0, 0.05) is 24.6 Å². The van der Waals surface area contributed by atoms with Gasteiger partial charge in [-0.25, -0.2) is 9.97 Å². The van der Waals surface area contributed by atoms with E-state index in [2.05, 4.69) is 15.3 Å². The monoisotopic (exact) mass is 324 g/mol. The first-order valence-corrected chi connectivity index (χ1v) is 7.18. The number of aromatic nitrogens is 3. The molecular weight excluding hydrogens is 313 g/mol. The highest BCUT2D eigenvalue weighted by molar-refractivity contribution is 7.15. The van der Waals surface area contributed by atoms with Crippen molar-refractivity contribution in [3.05, 3.63) is 59.6 Å². The van der Waals surface area contributed by atoms with Gasteiger partial charge in [-0.15, -0.1) is 0 Å². The molecule has 4 nitrogen and oxygen atoms in total. The summed E-state index contributed by atoms with van der Waals surface area (Å²) in [5.74, 6) is 0. The van der Waals surface area contributed by atoms with Crippen LogP contribution < -0.4 is 5.32 Å². The number of halogens is 3. The van der Waals surface area contributed by atoms with Gasteiger partial charge in [-0.05, 0) is 17.7 Å². The molecule has 0 spiro atoms. The number of imidazole rings is 1. The Labute approximate surface area is 128 Å². The van der Waals surface area contributed by atoms with Gasteiger partial charge in [-0.2, -0.15) is 13.2 Å². The molecule has 0 fully saturated rings. The van der Waals surface area contributed by atoms with Crippen LogP contribution in [0.5, 0.6) is 0 Å². The first kappa shape index (κ1) is 14.6. The van der Waals surface area contributed by atoms with Gasteiger partial charge in [-0.3, -0.25) is 0 Å². The molecule has 114 valence electrons. The molecule has 1 aromatic carbocycles. The summed E-state index contributed by atoms with van der Waals surface area (Å²) in [4.78, 5) is 7.00. The van der Waals surface area contributed by atoms with Gasteiger partial charge < -0.3 is 9.88 Å². The third kappa shape index (κ3) is 3.28. The summed E-state index contributed by atoms with van der Waals surface area (Å²) < 4.78 is 39.3. The van der Waals surface area contributed by atoms with Crippen LogP contribution in [-0.4, -0.2) is 14.5 Å². The maximum Gasteiger partial charge on any atom is 0.427 e. The fourth-order valence-corrected chi connectivity index (χ4v) is 2.54. The quantitative estimate of drug-likeness (QED) is 0.790. The van der Waals surface area contributed by atoms with Crippen LogP contribution in [-0.2, 0) is 12.7 Å². The average molecular weight is 324 g/mol. The summed E-state index contributed by atoms with van der Waals surface area (Å²) in [7, 11) is 0. The van der Waals surface area contributed by atoms with Gasteiger partial charge in [0.2, 0.25) is 0 Å². The van der Waals surface area contributed by atoms with E-state index >= 15 is 0 Å². The van der Waals surface area contributed by atoms with E-state index in [1.807, 2.05) is 35.0 Å². The molecule has 0 aliphatic rings. The normalized spacial score (nSPS) is 11.6. The zero-order valence-electron chi connectivity index (χ0n) is 11.2. The molecule has 0 aliphatic carbocycles. The van der Waals surface area contributed by atoms with Gasteiger partial charge in [0.25, 0.3) is 0 Å². The highest BCUT2D eigenvalue weighted by Crippen LogP contribution is 2.35. The maximum absolute atomic E-state index is 12.5. The van der Waals surface area contributed by atoms with E-state index in [9.17, 15) is 13.2 Å². The van der Waals surface area contributed by atoms with Crippen molar-refractivity contribution in [1.82, 2.24) is 14.5 Å². The minimum atomic E-state index is -4.34. The Kier molecular flexibility index (Phi) is 3.84. The molecule has 0 unspecified atom stereocenters. The molecule has 1 N–H and O–H groups in total. The number of nitrogens with one attached hydrogen (secondary N) is 1. The lowest BCUT2D eigenvalue weighted by Crippen LogP contribution is -2.01. The molecule has 8 heteroatoms. The number of hydrogen-bond donors (Lipinski definition) is 1. The van der Waals surface area contributed by atoms with E-state index in [4.69, 9.17) is 0 Å². The maximum atomic E-state index is 12.5. The van der Waals surface area contributed by atoms with E-state index in [1.54, 1.807) is 12.5 Å². The van der Waals surface area contributed by atoms with Gasteiger partial charge >= 0.3 is 6.18 Å². The number of benzene rings is 1. The van der Waals surface area contributed by atoms with Crippen LogP contribution in [0.4, 0.5) is 18.3 Å². The van der Waals surface area contributed by atoms with E-state index in [0.29, 0.717) is 17.9 Å². The Hall–Kier alpha value is -2.35. The van der Waals surface area contributed by atoms with E-state index < -0.39 is 11.1 Å². The Bertz CT molecular complexity index is 732. The minimum Gasteiger partial charge on any atom is -0.357 e. The van der Waals surface area contributed by atoms with Crippen molar-refractivity contribution in [3.63, 3.8) is 0 Å². The second-order valence-electron chi connectivity index (χ2n) is 4.52. The zero-order valence-corrected chi connectivity index (χ0v) is 12.0. The second kappa shape index (κ2) is 5.80. The Balaban J connectivity index is 1.63. The van der Waals surface area contributed by atoms with Gasteiger partial charge in [0.1, 0.15) is 4.88 Å². The Morgan fingerprint density at radius 1 is 1.18 bits per heavy atom. The van der Waals surface area contributed by atoms with E-state index in [1.165, 1.54) is 0 Å². The van der Waals surface area contributed by atoms with Crippen molar-refractivity contribution in [2.75, 3.05) is 5.32 Å². The zero-order chi connectivity index (χ0) is 15.6. The first-order chi connectivity index (χ1) is 10.5. The predicted molar refractivity (Wildman–Crippen MR) is 78.0 cm³/mol. The molecule has 3 aromatic rings. The molecule has 3 rings (SSSR count). The van der Waals surface area contributed by atoms with Crippen molar-refractivity contribution < 1.29 is 13.2 Å². The van der Waals surface area contributed by atoms with Gasteiger partial charge in [0.15, 0.2) is 5.13 Å². The topological polar surface area (TPSA) is 42.7 Å². The van der Waals surface area contributed by atoms with E-state index in [0.717, 1.165) is 17.4 Å². The third-order valence-corrected chi connectivity index (χ3v) is 3.97. The number of nitrogens with zero attached hydrogens (tertiary/aromatic N) is 3. The highest BCUT2D eigenvalue weighted by atomic mass is 32.1. The molecule has 0 saturated heterocycles. The Morgan fingerprint density at radius 3 is 2.55 bits per heavy atom. The molecule has 2 aromatic heterocycles. The molecule has 0 amide bonds. The lowest BCUT2D eigenvalue weighted by atomic mass is 10.2. The SMILES string of the molecule is FC(F)(F)c1cnc(NCc2ccc(-n3ccnc3)cc2)s1. The van der Waals surface area contributed by atoms with Crippen molar-refractivity contribution in [2.24, 2.45) is 0 Å². The van der Waals surface area contributed by atoms with Crippen LogP contribution in [0.25, 0.3) is 5.69 Å². The van der Waals surface area contributed by atoms with Crippen LogP contribution in [0.3, 0.4) is 0 Å². The summed E-state index contributed by atoms with van der Waals surface area (Å²) in [6.07, 6.45) is 1.72. The molecule has 0 saturated carbocycles. The first-order valence-electron chi connectivity index (χ1n) is 6.36. The lowest BCUT2D eigenvalue weighted by molar-refractivity contribution is -0.134. The van der Waals surface area contributed by atoms with Gasteiger partial charge in [-0.1, -0.05) is 23.5 Å². The predicted octanol–water partition coefficient (Wildman–Crippen LogP) is 3.96. The van der Waals surface area contributed by atoms with Crippen LogP contribution in [0, 0.1) is 0 Å². The molecule has 0 atom stereocenters. The number of thiazole rings is 1. The number of hydrogen-bond acceptors (Lipinski definition) is 4. The van der Waals surface area contributed by atoms with Crippen LogP contribution in [0.1, 0.15) is 10.4 Å². The smallest absolute Gasteiger partial charge is 0.357 e. The van der Waals surface area contributed by atoms with Crippen LogP contribution in [0.2, 0.25) is 0 Å². The molecule has 22 heavy (non-hydrogen) atoms. The largest absolute Gasteiger partial charge is 0.427 e. The van der Waals surface area contributed by atoms with Crippen molar-refractivity contribution >= 4 is 16.5 Å². The standard InChI is InChI=1S/C14H11F3N4S/c15-14(16,17)12-8-20-13(22-12)19-7-10-1-3-11(4-2-10)21-6-5-18-9-21/h1-6,8-9H,7H2,(H,19,20). The van der Waals surface area contributed by atoms with Crippen LogP contribution in [0.15, 0.2) is 49.2 Å². The summed E-state index contributed by atoms with van der Waals surface area (Å²) in [6, 6.07) is 7.64. The molecule has 2 heterocycles. The summed E-state index contributed by atoms with van der Waals surface area (Å²) in [5.41, 5.74) is 1.92. The lowest BCUT2D eigenvalue weighted by Gasteiger charge is -2.06. The number of alkyl halides is 3. The molecular formula is C14H11F3N4S. The molecule has 0 aliphatic heterocycles. The van der Waals surface area contributed by atoms with Crippen molar-refractivity contribution in [3.8, 4) is 5.69 Å². The average Bonchev–Trinajstić information content (AvgIpc) is 3.16. The summed E-state index contributed by atoms with van der Waals surface area (Å²) in [6.45, 7) is 0.412. The molecule has 0 radical (unpaired) electrons. The number of anilines is 1. The number of rotatable bonds is 4. The highest BCUT2D eigenvalue weighted by Gasteiger charge is 2.33. The van der Waals surface area contributed by atoms with Crippen LogP contribution >= 0.6 is 11.3 Å².